The van der Waals surface area contributed by atoms with Crippen LogP contribution in [0.3, 0.4) is 0 Å². The maximum absolute atomic E-state index is 12.1. The lowest BCUT2D eigenvalue weighted by Crippen LogP contribution is -2.52. The van der Waals surface area contributed by atoms with E-state index < -0.39 is 10.2 Å². The van der Waals surface area contributed by atoms with E-state index in [1.165, 1.54) is 9.87 Å². The lowest BCUT2D eigenvalue weighted by molar-refractivity contribution is 0.143. The van der Waals surface area contributed by atoms with E-state index in [1.807, 2.05) is 18.2 Å². The van der Waals surface area contributed by atoms with Gasteiger partial charge in [0.1, 0.15) is 0 Å². The second-order valence-corrected chi connectivity index (χ2v) is 7.45. The zero-order valence-corrected chi connectivity index (χ0v) is 13.2. The van der Waals surface area contributed by atoms with Gasteiger partial charge in [0.25, 0.3) is 10.2 Å². The molecule has 0 aliphatic carbocycles. The molecule has 112 valence electrons. The van der Waals surface area contributed by atoms with Crippen LogP contribution >= 0.6 is 0 Å². The van der Waals surface area contributed by atoms with E-state index in [9.17, 15) is 8.42 Å². The second-order valence-electron chi connectivity index (χ2n) is 5.31. The van der Waals surface area contributed by atoms with Crippen molar-refractivity contribution in [3.05, 3.63) is 35.9 Å². The van der Waals surface area contributed by atoms with Gasteiger partial charge in [0.2, 0.25) is 0 Å². The summed E-state index contributed by atoms with van der Waals surface area (Å²) in [6.45, 7) is 4.81. The van der Waals surface area contributed by atoms with Crippen LogP contribution in [0.25, 0.3) is 0 Å². The molecule has 0 N–H and O–H groups in total. The van der Waals surface area contributed by atoms with Crippen molar-refractivity contribution in [2.75, 3.05) is 40.3 Å². The molecule has 1 saturated heterocycles. The highest BCUT2D eigenvalue weighted by Crippen LogP contribution is 2.22. The molecule has 1 heterocycles. The first-order valence-electron chi connectivity index (χ1n) is 6.89. The molecule has 1 unspecified atom stereocenters. The summed E-state index contributed by atoms with van der Waals surface area (Å²) < 4.78 is 27.0. The maximum atomic E-state index is 12.1. The van der Waals surface area contributed by atoms with Crippen LogP contribution in [0.2, 0.25) is 0 Å². The molecular weight excluding hydrogens is 274 g/mol. The largest absolute Gasteiger partial charge is 0.294 e. The van der Waals surface area contributed by atoms with Crippen molar-refractivity contribution in [3.8, 4) is 0 Å². The lowest BCUT2D eigenvalue weighted by Gasteiger charge is -2.38. The Labute approximate surface area is 122 Å². The molecule has 1 atom stereocenters. The third kappa shape index (κ3) is 3.20. The Kier molecular flexibility index (Phi) is 4.80. The molecule has 0 amide bonds. The summed E-state index contributed by atoms with van der Waals surface area (Å²) in [6.07, 6.45) is 0. The van der Waals surface area contributed by atoms with Crippen molar-refractivity contribution in [1.82, 2.24) is 13.5 Å². The molecule has 1 aromatic carbocycles. The van der Waals surface area contributed by atoms with Crippen LogP contribution in [0, 0.1) is 0 Å². The molecule has 0 radical (unpaired) electrons. The Bertz CT molecular complexity index is 523. The van der Waals surface area contributed by atoms with Crippen molar-refractivity contribution in [2.24, 2.45) is 0 Å². The van der Waals surface area contributed by atoms with Gasteiger partial charge in [-0.25, -0.2) is 0 Å². The Balaban J connectivity index is 1.98. The van der Waals surface area contributed by atoms with Gasteiger partial charge >= 0.3 is 0 Å². The monoisotopic (exact) mass is 297 g/mol. The number of piperazine rings is 1. The summed E-state index contributed by atoms with van der Waals surface area (Å²) in [5.41, 5.74) is 1.27. The highest BCUT2D eigenvalue weighted by atomic mass is 32.2. The zero-order chi connectivity index (χ0) is 14.8. The third-order valence-corrected chi connectivity index (χ3v) is 5.83. The van der Waals surface area contributed by atoms with Crippen LogP contribution in [-0.4, -0.2) is 62.2 Å². The van der Waals surface area contributed by atoms with Gasteiger partial charge in [0.15, 0.2) is 0 Å². The minimum absolute atomic E-state index is 0.320. The van der Waals surface area contributed by atoms with E-state index >= 15 is 0 Å². The van der Waals surface area contributed by atoms with E-state index in [0.717, 1.165) is 13.1 Å². The average molecular weight is 297 g/mol. The predicted molar refractivity (Wildman–Crippen MR) is 80.6 cm³/mol. The van der Waals surface area contributed by atoms with Crippen molar-refractivity contribution in [2.45, 2.75) is 13.0 Å². The standard InChI is InChI=1S/C14H23N3O2S/c1-13(14-7-5-4-6-8-14)16-9-11-17(12-10-16)20(18,19)15(2)3/h4-8,13H,9-12H2,1-3H3. The summed E-state index contributed by atoms with van der Waals surface area (Å²) in [4.78, 5) is 2.33. The Morgan fingerprint density at radius 3 is 2.10 bits per heavy atom. The van der Waals surface area contributed by atoms with Gasteiger partial charge in [-0.3, -0.25) is 4.90 Å². The molecule has 1 aliphatic rings. The molecule has 20 heavy (non-hydrogen) atoms. The summed E-state index contributed by atoms with van der Waals surface area (Å²) in [6, 6.07) is 10.6. The fourth-order valence-electron chi connectivity index (χ4n) is 2.49. The highest BCUT2D eigenvalue weighted by molar-refractivity contribution is 7.86. The highest BCUT2D eigenvalue weighted by Gasteiger charge is 2.30. The average Bonchev–Trinajstić information content (AvgIpc) is 2.47. The van der Waals surface area contributed by atoms with Gasteiger partial charge in [-0.15, -0.1) is 0 Å². The maximum Gasteiger partial charge on any atom is 0.281 e. The smallest absolute Gasteiger partial charge is 0.281 e. The normalized spacial score (nSPS) is 20.2. The molecule has 0 saturated carbocycles. The van der Waals surface area contributed by atoms with Crippen molar-refractivity contribution < 1.29 is 8.42 Å². The van der Waals surface area contributed by atoms with E-state index in [1.54, 1.807) is 18.4 Å². The quantitative estimate of drug-likeness (QED) is 0.838. The van der Waals surface area contributed by atoms with Crippen LogP contribution in [-0.2, 0) is 10.2 Å². The Morgan fingerprint density at radius 1 is 1.05 bits per heavy atom. The summed E-state index contributed by atoms with van der Waals surface area (Å²) >= 11 is 0. The molecule has 0 aromatic heterocycles. The van der Waals surface area contributed by atoms with E-state index in [4.69, 9.17) is 0 Å². The van der Waals surface area contributed by atoms with Gasteiger partial charge in [-0.1, -0.05) is 30.3 Å². The lowest BCUT2D eigenvalue weighted by atomic mass is 10.1. The minimum atomic E-state index is -3.27. The number of nitrogens with zero attached hydrogens (tertiary/aromatic N) is 3. The van der Waals surface area contributed by atoms with Crippen LogP contribution < -0.4 is 0 Å². The molecule has 1 aromatic rings. The van der Waals surface area contributed by atoms with Gasteiger partial charge in [-0.05, 0) is 12.5 Å². The van der Waals surface area contributed by atoms with Crippen molar-refractivity contribution >= 4 is 10.2 Å². The van der Waals surface area contributed by atoms with E-state index in [-0.39, 0.29) is 0 Å². The van der Waals surface area contributed by atoms with Crippen LogP contribution in [0.5, 0.6) is 0 Å². The zero-order valence-electron chi connectivity index (χ0n) is 12.4. The third-order valence-electron chi connectivity index (χ3n) is 3.89. The SMILES string of the molecule is CC(c1ccccc1)N1CCN(S(=O)(=O)N(C)C)CC1. The predicted octanol–water partition coefficient (Wildman–Crippen LogP) is 1.17. The van der Waals surface area contributed by atoms with Gasteiger partial charge in [0.05, 0.1) is 0 Å². The molecule has 1 aliphatic heterocycles. The molecule has 5 nitrogen and oxygen atoms in total. The number of hydrogen-bond acceptors (Lipinski definition) is 3. The fourth-order valence-corrected chi connectivity index (χ4v) is 3.58. The first-order chi connectivity index (χ1) is 9.43. The second kappa shape index (κ2) is 6.22. The summed E-state index contributed by atoms with van der Waals surface area (Å²) in [5.74, 6) is 0. The minimum Gasteiger partial charge on any atom is -0.294 e. The molecule has 2 rings (SSSR count). The molecule has 6 heteroatoms. The van der Waals surface area contributed by atoms with Crippen molar-refractivity contribution in [1.29, 1.82) is 0 Å². The van der Waals surface area contributed by atoms with Gasteiger partial charge in [-0.2, -0.15) is 17.0 Å². The molecule has 0 spiro atoms. The molecular formula is C14H23N3O2S. The number of benzene rings is 1. The van der Waals surface area contributed by atoms with Crippen LogP contribution in [0.1, 0.15) is 18.5 Å². The van der Waals surface area contributed by atoms with Gasteiger partial charge in [0, 0.05) is 46.3 Å². The molecule has 1 fully saturated rings. The summed E-state index contributed by atoms with van der Waals surface area (Å²) in [5, 5.41) is 0. The first kappa shape index (κ1) is 15.4. The first-order valence-corrected chi connectivity index (χ1v) is 8.29. The Hall–Kier alpha value is -0.950. The molecule has 0 bridgehead atoms. The van der Waals surface area contributed by atoms with E-state index in [2.05, 4.69) is 24.0 Å². The fraction of sp³-hybridized carbons (Fsp3) is 0.571. The van der Waals surface area contributed by atoms with Gasteiger partial charge < -0.3 is 0 Å². The number of rotatable bonds is 4. The summed E-state index contributed by atoms with van der Waals surface area (Å²) in [7, 11) is -0.118. The topological polar surface area (TPSA) is 43.9 Å². The van der Waals surface area contributed by atoms with Crippen LogP contribution in [0.15, 0.2) is 30.3 Å². The van der Waals surface area contributed by atoms with E-state index in [0.29, 0.717) is 19.1 Å². The van der Waals surface area contributed by atoms with Crippen LogP contribution in [0.4, 0.5) is 0 Å². The Morgan fingerprint density at radius 2 is 1.60 bits per heavy atom. The van der Waals surface area contributed by atoms with Crippen molar-refractivity contribution in [3.63, 3.8) is 0 Å². The number of hydrogen-bond donors (Lipinski definition) is 0.